The van der Waals surface area contributed by atoms with E-state index in [1.165, 1.54) is 43.3 Å². The summed E-state index contributed by atoms with van der Waals surface area (Å²) in [4.78, 5) is 11.9. The second-order valence-corrected chi connectivity index (χ2v) is 4.78. The molecule has 2 rings (SSSR count). The van der Waals surface area contributed by atoms with Crippen LogP contribution >= 0.6 is 0 Å². The molecule has 1 atom stereocenters. The predicted octanol–water partition coefficient (Wildman–Crippen LogP) is 2.93. The second kappa shape index (κ2) is 8.12. The van der Waals surface area contributed by atoms with Crippen LogP contribution in [0.3, 0.4) is 0 Å². The Morgan fingerprint density at radius 2 is 1.83 bits per heavy atom. The molecule has 0 bridgehead atoms. The number of amides is 1. The molecule has 0 aliphatic rings. The van der Waals surface area contributed by atoms with E-state index in [0.717, 1.165) is 0 Å². The average molecular weight is 321 g/mol. The van der Waals surface area contributed by atoms with Gasteiger partial charge in [0.15, 0.2) is 17.7 Å². The minimum atomic E-state index is -0.835. The number of carbonyl (C=O) groups excluding carboxylic acids is 1. The molecule has 4 nitrogen and oxygen atoms in total. The molecule has 1 unspecified atom stereocenters. The maximum Gasteiger partial charge on any atom is 0.260 e. The molecular weight excluding hydrogens is 304 g/mol. The van der Waals surface area contributed by atoms with Crippen LogP contribution in [0.1, 0.15) is 6.92 Å². The third kappa shape index (κ3) is 5.25. The summed E-state index contributed by atoms with van der Waals surface area (Å²) in [6.45, 7) is 2.01. The molecule has 1 N–H and O–H groups in total. The third-order valence-corrected chi connectivity index (χ3v) is 2.99. The molecular formula is C17H17F2NO3. The van der Waals surface area contributed by atoms with Crippen molar-refractivity contribution in [1.82, 2.24) is 5.32 Å². The fraction of sp³-hybridized carbons (Fsp3) is 0.235. The van der Waals surface area contributed by atoms with Gasteiger partial charge in [0.1, 0.15) is 18.2 Å². The van der Waals surface area contributed by atoms with E-state index in [1.54, 1.807) is 12.1 Å². The molecule has 0 aromatic heterocycles. The van der Waals surface area contributed by atoms with Gasteiger partial charge in [-0.05, 0) is 43.3 Å². The van der Waals surface area contributed by atoms with Gasteiger partial charge >= 0.3 is 0 Å². The average Bonchev–Trinajstić information content (AvgIpc) is 2.55. The quantitative estimate of drug-likeness (QED) is 0.798. The van der Waals surface area contributed by atoms with Crippen molar-refractivity contribution in [3.05, 3.63) is 60.2 Å². The van der Waals surface area contributed by atoms with Crippen LogP contribution in [0.4, 0.5) is 8.78 Å². The lowest BCUT2D eigenvalue weighted by Gasteiger charge is -2.15. The molecule has 122 valence electrons. The minimum absolute atomic E-state index is 0.0257. The summed E-state index contributed by atoms with van der Waals surface area (Å²) >= 11 is 0. The molecule has 2 aromatic carbocycles. The van der Waals surface area contributed by atoms with Crippen molar-refractivity contribution in [2.24, 2.45) is 0 Å². The lowest BCUT2D eigenvalue weighted by atomic mass is 10.3. The normalized spacial score (nSPS) is 11.6. The molecule has 0 saturated heterocycles. The summed E-state index contributed by atoms with van der Waals surface area (Å²) in [5.41, 5.74) is 0. The van der Waals surface area contributed by atoms with Crippen LogP contribution in [0.5, 0.6) is 11.5 Å². The van der Waals surface area contributed by atoms with Crippen molar-refractivity contribution in [2.45, 2.75) is 13.0 Å². The fourth-order valence-electron chi connectivity index (χ4n) is 1.80. The van der Waals surface area contributed by atoms with E-state index in [4.69, 9.17) is 9.47 Å². The summed E-state index contributed by atoms with van der Waals surface area (Å²) in [5, 5.41) is 2.62. The van der Waals surface area contributed by atoms with E-state index in [2.05, 4.69) is 5.32 Å². The predicted molar refractivity (Wildman–Crippen MR) is 81.4 cm³/mol. The molecule has 23 heavy (non-hydrogen) atoms. The van der Waals surface area contributed by atoms with Gasteiger partial charge < -0.3 is 14.8 Å². The number of benzene rings is 2. The molecule has 0 radical (unpaired) electrons. The Morgan fingerprint density at radius 1 is 1.13 bits per heavy atom. The van der Waals surface area contributed by atoms with Gasteiger partial charge in [0, 0.05) is 0 Å². The number of carbonyl (C=O) groups is 1. The molecule has 0 aliphatic carbocycles. The molecule has 0 aliphatic heterocycles. The Kier molecular flexibility index (Phi) is 5.91. The molecule has 6 heteroatoms. The van der Waals surface area contributed by atoms with Gasteiger partial charge in [-0.25, -0.2) is 8.78 Å². The lowest BCUT2D eigenvalue weighted by molar-refractivity contribution is -0.127. The highest BCUT2D eigenvalue weighted by atomic mass is 19.1. The Hall–Kier alpha value is -2.63. The zero-order valence-electron chi connectivity index (χ0n) is 12.6. The summed E-state index contributed by atoms with van der Waals surface area (Å²) in [6.07, 6.45) is -0.835. The smallest absolute Gasteiger partial charge is 0.260 e. The van der Waals surface area contributed by atoms with Gasteiger partial charge in [0.25, 0.3) is 5.91 Å². The Labute approximate surface area is 133 Å². The van der Waals surface area contributed by atoms with Gasteiger partial charge in [-0.3, -0.25) is 4.79 Å². The fourth-order valence-corrected chi connectivity index (χ4v) is 1.80. The van der Waals surface area contributed by atoms with Crippen LogP contribution in [0.25, 0.3) is 0 Å². The number of para-hydroxylation sites is 1. The molecule has 0 fully saturated rings. The highest BCUT2D eigenvalue weighted by Gasteiger charge is 2.15. The Bertz CT molecular complexity index is 647. The van der Waals surface area contributed by atoms with E-state index in [9.17, 15) is 13.6 Å². The monoisotopic (exact) mass is 321 g/mol. The number of ether oxygens (including phenoxy) is 2. The minimum Gasteiger partial charge on any atom is -0.492 e. The van der Waals surface area contributed by atoms with E-state index < -0.39 is 11.9 Å². The van der Waals surface area contributed by atoms with Crippen molar-refractivity contribution >= 4 is 5.91 Å². The first-order valence-electron chi connectivity index (χ1n) is 7.13. The first-order valence-corrected chi connectivity index (χ1v) is 7.13. The first kappa shape index (κ1) is 16.7. The van der Waals surface area contributed by atoms with Crippen molar-refractivity contribution in [3.63, 3.8) is 0 Å². The van der Waals surface area contributed by atoms with E-state index >= 15 is 0 Å². The molecule has 0 heterocycles. The number of rotatable bonds is 7. The lowest BCUT2D eigenvalue weighted by Crippen LogP contribution is -2.38. The summed E-state index contributed by atoms with van der Waals surface area (Å²) in [7, 11) is 0. The maximum atomic E-state index is 13.4. The zero-order valence-corrected chi connectivity index (χ0v) is 12.6. The zero-order chi connectivity index (χ0) is 16.7. The number of nitrogens with one attached hydrogen (secondary N) is 1. The third-order valence-electron chi connectivity index (χ3n) is 2.99. The van der Waals surface area contributed by atoms with E-state index in [1.807, 2.05) is 0 Å². The summed E-state index contributed by atoms with van der Waals surface area (Å²) in [5.74, 6) is -0.707. The second-order valence-electron chi connectivity index (χ2n) is 4.78. The van der Waals surface area contributed by atoms with Crippen LogP contribution in [-0.2, 0) is 4.79 Å². The standard InChI is InChI=1S/C17H17F2NO3/c1-12(23-16-5-3-2-4-15(16)19)17(21)20-10-11-22-14-8-6-13(18)7-9-14/h2-9,12H,10-11H2,1H3,(H,20,21). The molecule has 2 aromatic rings. The van der Waals surface area contributed by atoms with Crippen molar-refractivity contribution < 1.29 is 23.0 Å². The van der Waals surface area contributed by atoms with Crippen molar-refractivity contribution in [2.75, 3.05) is 13.2 Å². The molecule has 0 saturated carbocycles. The van der Waals surface area contributed by atoms with Crippen LogP contribution in [0.15, 0.2) is 48.5 Å². The van der Waals surface area contributed by atoms with E-state index in [-0.39, 0.29) is 30.6 Å². The van der Waals surface area contributed by atoms with Gasteiger partial charge in [-0.1, -0.05) is 12.1 Å². The van der Waals surface area contributed by atoms with Gasteiger partial charge in [0.05, 0.1) is 6.54 Å². The maximum absolute atomic E-state index is 13.4. The van der Waals surface area contributed by atoms with E-state index in [0.29, 0.717) is 5.75 Å². The van der Waals surface area contributed by atoms with Gasteiger partial charge in [0.2, 0.25) is 0 Å². The van der Waals surface area contributed by atoms with Crippen LogP contribution in [0.2, 0.25) is 0 Å². The first-order chi connectivity index (χ1) is 11.1. The number of hydrogen-bond donors (Lipinski definition) is 1. The highest BCUT2D eigenvalue weighted by molar-refractivity contribution is 5.80. The Morgan fingerprint density at radius 3 is 2.52 bits per heavy atom. The van der Waals surface area contributed by atoms with Crippen molar-refractivity contribution in [1.29, 1.82) is 0 Å². The summed E-state index contributed by atoms with van der Waals surface area (Å²) in [6, 6.07) is 11.5. The van der Waals surface area contributed by atoms with Gasteiger partial charge in [-0.15, -0.1) is 0 Å². The molecule has 0 spiro atoms. The summed E-state index contributed by atoms with van der Waals surface area (Å²) < 4.78 is 36.8. The highest BCUT2D eigenvalue weighted by Crippen LogP contribution is 2.17. The number of halogens is 2. The van der Waals surface area contributed by atoms with Crippen LogP contribution in [-0.4, -0.2) is 25.2 Å². The van der Waals surface area contributed by atoms with Crippen LogP contribution < -0.4 is 14.8 Å². The van der Waals surface area contributed by atoms with Crippen molar-refractivity contribution in [3.8, 4) is 11.5 Å². The van der Waals surface area contributed by atoms with Gasteiger partial charge in [-0.2, -0.15) is 0 Å². The largest absolute Gasteiger partial charge is 0.492 e. The number of hydrogen-bond acceptors (Lipinski definition) is 3. The Balaban J connectivity index is 1.72. The molecule has 1 amide bonds. The SMILES string of the molecule is CC(Oc1ccccc1F)C(=O)NCCOc1ccc(F)cc1. The topological polar surface area (TPSA) is 47.6 Å². The van der Waals surface area contributed by atoms with Crippen LogP contribution in [0, 0.1) is 11.6 Å².